The number of rotatable bonds is 6. The van der Waals surface area contributed by atoms with E-state index in [2.05, 4.69) is 44.7 Å². The third kappa shape index (κ3) is 5.04. The number of nitrogens with zero attached hydrogens (tertiary/aromatic N) is 4. The largest absolute Gasteiger partial charge is 0.395 e. The van der Waals surface area contributed by atoms with Gasteiger partial charge in [0.05, 0.1) is 12.1 Å². The zero-order valence-electron chi connectivity index (χ0n) is 25.7. The van der Waals surface area contributed by atoms with E-state index in [1.165, 1.54) is 32.4 Å². The van der Waals surface area contributed by atoms with Crippen LogP contribution in [-0.2, 0) is 11.3 Å². The zero-order chi connectivity index (χ0) is 30.7. The van der Waals surface area contributed by atoms with Gasteiger partial charge in [0.25, 0.3) is 5.91 Å². The molecule has 3 aromatic carbocycles. The Labute approximate surface area is 269 Å². The predicted molar refractivity (Wildman–Crippen MR) is 177 cm³/mol. The molecule has 0 unspecified atom stereocenters. The van der Waals surface area contributed by atoms with Crippen LogP contribution in [0.15, 0.2) is 66.7 Å². The van der Waals surface area contributed by atoms with Crippen molar-refractivity contribution in [2.75, 3.05) is 32.8 Å². The van der Waals surface area contributed by atoms with Crippen molar-refractivity contribution in [1.82, 2.24) is 19.3 Å². The van der Waals surface area contributed by atoms with E-state index >= 15 is 0 Å². The fraction of sp³-hybridized carbons (Fsp3) is 0.459. The number of hydrogen-bond acceptors (Lipinski definition) is 4. The Morgan fingerprint density at radius 3 is 2.67 bits per heavy atom. The average molecular weight is 625 g/mol. The van der Waals surface area contributed by atoms with Gasteiger partial charge in [-0.25, -0.2) is 0 Å². The number of aromatic nitrogens is 1. The smallest absolute Gasteiger partial charge is 0.270 e. The molecular weight excluding hydrogens is 584 g/mol. The maximum atomic E-state index is 14.7. The van der Waals surface area contributed by atoms with Crippen molar-refractivity contribution in [3.63, 3.8) is 0 Å². The first kappa shape index (κ1) is 29.0. The molecular formula is C37H41ClN4O3. The molecule has 7 nitrogen and oxygen atoms in total. The first-order chi connectivity index (χ1) is 22.0. The van der Waals surface area contributed by atoms with Gasteiger partial charge in [-0.05, 0) is 91.6 Å². The second-order valence-corrected chi connectivity index (χ2v) is 14.1. The first-order valence-electron chi connectivity index (χ1n) is 16.7. The summed E-state index contributed by atoms with van der Waals surface area (Å²) in [6.45, 7) is 3.73. The molecule has 0 aliphatic carbocycles. The lowest BCUT2D eigenvalue weighted by Gasteiger charge is -2.59. The normalized spacial score (nSPS) is 26.6. The lowest BCUT2D eigenvalue weighted by atomic mass is 9.67. The van der Waals surface area contributed by atoms with Gasteiger partial charge in [-0.3, -0.25) is 14.5 Å². The topological polar surface area (TPSA) is 69.0 Å². The van der Waals surface area contributed by atoms with Crippen LogP contribution in [0.2, 0.25) is 5.02 Å². The van der Waals surface area contributed by atoms with Gasteiger partial charge >= 0.3 is 0 Å². The quantitative estimate of drug-likeness (QED) is 0.295. The summed E-state index contributed by atoms with van der Waals surface area (Å²) in [5.41, 5.74) is 2.57. The van der Waals surface area contributed by atoms with Gasteiger partial charge < -0.3 is 19.5 Å². The maximum Gasteiger partial charge on any atom is 0.270 e. The Bertz CT molecular complexity index is 1760. The number of hydrogen-bond donors (Lipinski definition) is 1. The van der Waals surface area contributed by atoms with Crippen molar-refractivity contribution in [1.29, 1.82) is 0 Å². The predicted octanol–water partition coefficient (Wildman–Crippen LogP) is 5.79. The molecule has 4 aliphatic heterocycles. The van der Waals surface area contributed by atoms with E-state index in [0.717, 1.165) is 46.6 Å². The zero-order valence-corrected chi connectivity index (χ0v) is 26.4. The van der Waals surface area contributed by atoms with Crippen LogP contribution in [0.5, 0.6) is 0 Å². The molecule has 45 heavy (non-hydrogen) atoms. The van der Waals surface area contributed by atoms with E-state index in [-0.39, 0.29) is 37.0 Å². The van der Waals surface area contributed by atoms with Crippen molar-refractivity contribution in [2.24, 2.45) is 11.8 Å². The summed E-state index contributed by atoms with van der Waals surface area (Å²) < 4.78 is 2.07. The van der Waals surface area contributed by atoms with E-state index in [1.54, 1.807) is 4.90 Å². The van der Waals surface area contributed by atoms with E-state index in [9.17, 15) is 14.7 Å². The monoisotopic (exact) mass is 624 g/mol. The summed E-state index contributed by atoms with van der Waals surface area (Å²) in [5, 5.41) is 14.1. The van der Waals surface area contributed by atoms with E-state index < -0.39 is 0 Å². The molecule has 0 saturated carbocycles. The molecule has 8 rings (SSSR count). The summed E-state index contributed by atoms with van der Waals surface area (Å²) in [7, 11) is 0. The summed E-state index contributed by atoms with van der Waals surface area (Å²) in [6, 6.07) is 22.7. The number of amides is 2. The number of benzene rings is 3. The van der Waals surface area contributed by atoms with E-state index in [0.29, 0.717) is 41.6 Å². The lowest BCUT2D eigenvalue weighted by Crippen LogP contribution is -2.68. The van der Waals surface area contributed by atoms with Gasteiger partial charge in [-0.15, -0.1) is 0 Å². The Kier molecular flexibility index (Phi) is 7.59. The number of carbonyl (C=O) groups is 2. The molecule has 5 heterocycles. The third-order valence-corrected chi connectivity index (χ3v) is 11.5. The molecule has 5 atom stereocenters. The molecule has 4 aliphatic rings. The number of fused-ring (bicyclic) bond motifs is 4. The van der Waals surface area contributed by atoms with Gasteiger partial charge in [0.2, 0.25) is 5.91 Å². The van der Waals surface area contributed by atoms with Gasteiger partial charge in [0.15, 0.2) is 0 Å². The fourth-order valence-electron chi connectivity index (χ4n) is 9.38. The SMILES string of the molecule is O=C(c1cc2ccc(Cl)cc2n1Cc1cccc2ccccc12)N(CCO)[C@@H]1CC(=O)N2C[C@@H]3CCCN4CCC[C@@H]([C@H]34)[C@H]2C1. The maximum absolute atomic E-state index is 14.7. The molecule has 8 heteroatoms. The summed E-state index contributed by atoms with van der Waals surface area (Å²) in [6.07, 6.45) is 5.83. The summed E-state index contributed by atoms with van der Waals surface area (Å²) >= 11 is 6.50. The second-order valence-electron chi connectivity index (χ2n) is 13.6. The highest BCUT2D eigenvalue weighted by Crippen LogP contribution is 2.45. The van der Waals surface area contributed by atoms with Gasteiger partial charge in [0.1, 0.15) is 5.69 Å². The molecule has 0 radical (unpaired) electrons. The lowest BCUT2D eigenvalue weighted by molar-refractivity contribution is -0.154. The first-order valence-corrected chi connectivity index (χ1v) is 17.1. The number of carbonyl (C=O) groups excluding carboxylic acids is 2. The Morgan fingerprint density at radius 2 is 1.80 bits per heavy atom. The van der Waals surface area contributed by atoms with E-state index in [1.807, 2.05) is 36.4 Å². The van der Waals surface area contributed by atoms with E-state index in [4.69, 9.17) is 11.6 Å². The van der Waals surface area contributed by atoms with Crippen LogP contribution >= 0.6 is 11.6 Å². The highest BCUT2D eigenvalue weighted by atomic mass is 35.5. The van der Waals surface area contributed by atoms with Crippen LogP contribution in [0.1, 0.15) is 54.6 Å². The van der Waals surface area contributed by atoms with Crippen molar-refractivity contribution in [3.05, 3.63) is 83.0 Å². The molecule has 234 valence electrons. The van der Waals surface area contributed by atoms with Crippen LogP contribution in [0.4, 0.5) is 0 Å². The van der Waals surface area contributed by atoms with Crippen LogP contribution in [-0.4, -0.2) is 87.1 Å². The highest BCUT2D eigenvalue weighted by molar-refractivity contribution is 6.31. The van der Waals surface area contributed by atoms with Crippen molar-refractivity contribution in [3.8, 4) is 0 Å². The minimum atomic E-state index is -0.249. The standard InChI is InChI=1S/C37H41ClN4O3/c38-28-13-12-25-18-34(41(32(25)19-28)22-26-8-3-7-24-6-1-2-10-30(24)26)37(45)40(16-17-43)29-20-33-31-11-5-15-39-14-4-9-27(36(31)39)23-42(33)35(44)21-29/h1-3,6-8,10,12-13,18-19,27,29,31,33,36,43H,4-5,9,11,14-17,20-23H2/t27-,29-,31+,33+,36-/m0/s1. The Balaban J connectivity index is 1.15. The molecule has 4 saturated heterocycles. The minimum absolute atomic E-state index is 0.139. The third-order valence-electron chi connectivity index (χ3n) is 11.3. The number of piperidine rings is 4. The molecule has 0 spiro atoms. The molecule has 1 aromatic heterocycles. The van der Waals surface area contributed by atoms with Gasteiger partial charge in [-0.2, -0.15) is 0 Å². The van der Waals surface area contributed by atoms with Gasteiger partial charge in [-0.1, -0.05) is 60.1 Å². The molecule has 4 fully saturated rings. The van der Waals surface area contributed by atoms with Crippen LogP contribution in [0.3, 0.4) is 0 Å². The van der Waals surface area contributed by atoms with Crippen LogP contribution in [0, 0.1) is 11.8 Å². The number of aliphatic hydroxyl groups is 1. The molecule has 4 aromatic rings. The van der Waals surface area contributed by atoms with Crippen LogP contribution in [0.25, 0.3) is 21.7 Å². The fourth-order valence-corrected chi connectivity index (χ4v) is 9.55. The molecule has 1 N–H and O–H groups in total. The minimum Gasteiger partial charge on any atom is -0.395 e. The highest BCUT2D eigenvalue weighted by Gasteiger charge is 2.52. The molecule has 0 bridgehead atoms. The Morgan fingerprint density at radius 1 is 0.978 bits per heavy atom. The average Bonchev–Trinajstić information content (AvgIpc) is 3.41. The summed E-state index contributed by atoms with van der Waals surface area (Å²) in [5.74, 6) is 1.04. The summed E-state index contributed by atoms with van der Waals surface area (Å²) in [4.78, 5) is 35.2. The number of aliphatic hydroxyl groups excluding tert-OH is 1. The number of halogens is 1. The van der Waals surface area contributed by atoms with Crippen molar-refractivity contribution in [2.45, 2.75) is 63.2 Å². The van der Waals surface area contributed by atoms with Crippen molar-refractivity contribution >= 4 is 45.1 Å². The van der Waals surface area contributed by atoms with Crippen molar-refractivity contribution < 1.29 is 14.7 Å². The second kappa shape index (κ2) is 11.8. The van der Waals surface area contributed by atoms with Crippen LogP contribution < -0.4 is 0 Å². The molecule has 2 amide bonds. The Hall–Kier alpha value is -3.39. The van der Waals surface area contributed by atoms with Gasteiger partial charge in [0, 0.05) is 54.6 Å².